The molecule has 0 heterocycles. The number of carbonyl (C=O) groups excluding carboxylic acids is 1. The van der Waals surface area contributed by atoms with Crippen LogP contribution >= 0.6 is 58.0 Å². The van der Waals surface area contributed by atoms with E-state index in [2.05, 4.69) is 10.6 Å². The van der Waals surface area contributed by atoms with Gasteiger partial charge in [-0.2, -0.15) is 0 Å². The fourth-order valence-electron chi connectivity index (χ4n) is 2.80. The van der Waals surface area contributed by atoms with Gasteiger partial charge in [-0.15, -0.1) is 11.6 Å². The van der Waals surface area contributed by atoms with Crippen molar-refractivity contribution in [1.82, 2.24) is 5.32 Å². The van der Waals surface area contributed by atoms with Crippen LogP contribution in [0.5, 0.6) is 0 Å². The molecule has 0 spiro atoms. The molecular formula is C16H19Cl5N2O2. The van der Waals surface area contributed by atoms with Crippen LogP contribution < -0.4 is 10.6 Å². The number of halogens is 5. The number of benzene rings is 1. The number of alkyl halides is 3. The predicted octanol–water partition coefficient (Wildman–Crippen LogP) is 6.20. The van der Waals surface area contributed by atoms with Crippen molar-refractivity contribution in [3.8, 4) is 0 Å². The maximum atomic E-state index is 12.1. The van der Waals surface area contributed by atoms with Crippen molar-refractivity contribution < 1.29 is 9.53 Å². The van der Waals surface area contributed by atoms with Gasteiger partial charge in [0.1, 0.15) is 0 Å². The summed E-state index contributed by atoms with van der Waals surface area (Å²) in [6, 6.07) is 5.23. The van der Waals surface area contributed by atoms with Crippen LogP contribution in [0.4, 0.5) is 10.5 Å². The summed E-state index contributed by atoms with van der Waals surface area (Å²) in [6.07, 6.45) is 4.18. The largest absolute Gasteiger partial charge is 0.411 e. The number of hydrogen-bond acceptors (Lipinski definition) is 3. The van der Waals surface area contributed by atoms with Crippen molar-refractivity contribution in [3.63, 3.8) is 0 Å². The Hall–Kier alpha value is -0.260. The molecule has 140 valence electrons. The molecular weight excluding hydrogens is 429 g/mol. The Labute approximate surface area is 172 Å². The van der Waals surface area contributed by atoms with Crippen LogP contribution in [0.25, 0.3) is 0 Å². The summed E-state index contributed by atoms with van der Waals surface area (Å²) in [7, 11) is 0. The number of rotatable bonds is 5. The summed E-state index contributed by atoms with van der Waals surface area (Å²) < 4.78 is 3.20. The molecule has 2 rings (SSSR count). The van der Waals surface area contributed by atoms with E-state index in [1.807, 2.05) is 6.07 Å². The molecule has 0 aromatic heterocycles. The standard InChI is InChI=1S/C16H19Cl5N2O2/c17-9-16(20,21)25-15(24)23-14-5-3-1-2-4-13(14)22-10-6-7-11(18)12(19)8-10/h6-8,13-14,22H,1-5,9H2,(H,23,24). The molecule has 1 saturated carbocycles. The molecule has 0 radical (unpaired) electrons. The molecule has 2 unspecified atom stereocenters. The van der Waals surface area contributed by atoms with E-state index >= 15 is 0 Å². The Kier molecular flexibility index (Phi) is 8.09. The Morgan fingerprint density at radius 3 is 2.44 bits per heavy atom. The highest BCUT2D eigenvalue weighted by molar-refractivity contribution is 6.50. The summed E-state index contributed by atoms with van der Waals surface area (Å²) in [5, 5.41) is 7.22. The van der Waals surface area contributed by atoms with Gasteiger partial charge >= 0.3 is 6.09 Å². The fraction of sp³-hybridized carbons (Fsp3) is 0.562. The summed E-state index contributed by atoms with van der Waals surface area (Å²) in [4.78, 5) is 12.1. The Balaban J connectivity index is 2.05. The van der Waals surface area contributed by atoms with Gasteiger partial charge in [0.25, 0.3) is 4.52 Å². The lowest BCUT2D eigenvalue weighted by Crippen LogP contribution is -2.47. The SMILES string of the molecule is O=C(NC1CCCCCC1Nc1ccc(Cl)c(Cl)c1)OC(Cl)(Cl)CCl. The predicted molar refractivity (Wildman–Crippen MR) is 106 cm³/mol. The molecule has 25 heavy (non-hydrogen) atoms. The van der Waals surface area contributed by atoms with Crippen LogP contribution in [0.1, 0.15) is 32.1 Å². The van der Waals surface area contributed by atoms with Crippen molar-refractivity contribution in [2.45, 2.75) is 48.7 Å². The summed E-state index contributed by atoms with van der Waals surface area (Å²) >= 11 is 29.1. The topological polar surface area (TPSA) is 50.4 Å². The third-order valence-electron chi connectivity index (χ3n) is 3.99. The van der Waals surface area contributed by atoms with E-state index in [1.165, 1.54) is 0 Å². The molecule has 1 aliphatic rings. The van der Waals surface area contributed by atoms with Crippen LogP contribution in [0.2, 0.25) is 10.0 Å². The second kappa shape index (κ2) is 9.61. The van der Waals surface area contributed by atoms with Gasteiger partial charge in [-0.3, -0.25) is 0 Å². The molecule has 9 heteroatoms. The number of carbonyl (C=O) groups is 1. The van der Waals surface area contributed by atoms with Gasteiger partial charge in [-0.1, -0.05) is 65.7 Å². The lowest BCUT2D eigenvalue weighted by molar-refractivity contribution is 0.119. The van der Waals surface area contributed by atoms with Gasteiger partial charge < -0.3 is 15.4 Å². The highest BCUT2D eigenvalue weighted by Gasteiger charge is 2.31. The molecule has 0 saturated heterocycles. The van der Waals surface area contributed by atoms with Gasteiger partial charge in [0.2, 0.25) is 0 Å². The summed E-state index contributed by atoms with van der Waals surface area (Å²) in [6.45, 7) is 0. The van der Waals surface area contributed by atoms with Crippen molar-refractivity contribution in [1.29, 1.82) is 0 Å². The average molecular weight is 449 g/mol. The number of hydrogen-bond donors (Lipinski definition) is 2. The van der Waals surface area contributed by atoms with E-state index in [4.69, 9.17) is 62.7 Å². The Morgan fingerprint density at radius 1 is 1.12 bits per heavy atom. The molecule has 0 bridgehead atoms. The molecule has 1 aromatic carbocycles. The zero-order valence-electron chi connectivity index (χ0n) is 13.3. The number of amides is 1. The highest BCUT2D eigenvalue weighted by atomic mass is 35.5. The lowest BCUT2D eigenvalue weighted by atomic mass is 10.0. The normalized spacial score (nSPS) is 21.3. The van der Waals surface area contributed by atoms with E-state index in [0.29, 0.717) is 10.0 Å². The Morgan fingerprint density at radius 2 is 1.80 bits per heavy atom. The number of nitrogens with one attached hydrogen (secondary N) is 2. The van der Waals surface area contributed by atoms with Gasteiger partial charge in [0, 0.05) is 11.7 Å². The molecule has 2 atom stereocenters. The third kappa shape index (κ3) is 6.76. The Bertz CT molecular complexity index is 600. The number of ether oxygens (including phenoxy) is 1. The van der Waals surface area contributed by atoms with Crippen LogP contribution in [-0.2, 0) is 4.74 Å². The molecule has 2 N–H and O–H groups in total. The maximum absolute atomic E-state index is 12.1. The first-order valence-electron chi connectivity index (χ1n) is 7.95. The van der Waals surface area contributed by atoms with Crippen molar-refractivity contribution in [2.24, 2.45) is 0 Å². The minimum atomic E-state index is -1.75. The molecule has 1 aromatic rings. The van der Waals surface area contributed by atoms with Gasteiger partial charge in [-0.25, -0.2) is 4.79 Å². The minimum absolute atomic E-state index is 0.0170. The van der Waals surface area contributed by atoms with E-state index in [9.17, 15) is 4.79 Å². The van der Waals surface area contributed by atoms with Crippen LogP contribution in [0.3, 0.4) is 0 Å². The second-order valence-electron chi connectivity index (χ2n) is 5.93. The zero-order chi connectivity index (χ0) is 18.4. The smallest absolute Gasteiger partial charge is 0.410 e. The van der Waals surface area contributed by atoms with Crippen LogP contribution in [0.15, 0.2) is 18.2 Å². The first-order valence-corrected chi connectivity index (χ1v) is 10.0. The molecule has 1 fully saturated rings. The molecule has 1 amide bonds. The number of alkyl carbamates (subject to hydrolysis) is 1. The van der Waals surface area contributed by atoms with Crippen LogP contribution in [-0.4, -0.2) is 28.6 Å². The highest BCUT2D eigenvalue weighted by Crippen LogP contribution is 2.28. The zero-order valence-corrected chi connectivity index (χ0v) is 17.1. The van der Waals surface area contributed by atoms with E-state index in [0.717, 1.165) is 37.8 Å². The average Bonchev–Trinajstić information content (AvgIpc) is 2.76. The summed E-state index contributed by atoms with van der Waals surface area (Å²) in [5.41, 5.74) is 0.839. The van der Waals surface area contributed by atoms with Crippen molar-refractivity contribution in [2.75, 3.05) is 11.2 Å². The van der Waals surface area contributed by atoms with E-state index < -0.39 is 10.6 Å². The van der Waals surface area contributed by atoms with Crippen molar-refractivity contribution in [3.05, 3.63) is 28.2 Å². The quantitative estimate of drug-likeness (QED) is 0.416. The first-order chi connectivity index (χ1) is 11.8. The monoisotopic (exact) mass is 446 g/mol. The van der Waals surface area contributed by atoms with E-state index in [-0.39, 0.29) is 18.0 Å². The molecule has 0 aliphatic heterocycles. The number of anilines is 1. The maximum Gasteiger partial charge on any atom is 0.410 e. The van der Waals surface area contributed by atoms with Crippen molar-refractivity contribution >= 4 is 69.8 Å². The van der Waals surface area contributed by atoms with Gasteiger partial charge in [-0.05, 0) is 31.0 Å². The lowest BCUT2D eigenvalue weighted by Gasteiger charge is -2.29. The third-order valence-corrected chi connectivity index (χ3v) is 5.80. The minimum Gasteiger partial charge on any atom is -0.411 e. The van der Waals surface area contributed by atoms with Gasteiger partial charge in [0.05, 0.1) is 22.0 Å². The van der Waals surface area contributed by atoms with Crippen LogP contribution in [0, 0.1) is 0 Å². The fourth-order valence-corrected chi connectivity index (χ4v) is 3.29. The molecule has 4 nitrogen and oxygen atoms in total. The summed E-state index contributed by atoms with van der Waals surface area (Å²) in [5.74, 6) is -0.223. The van der Waals surface area contributed by atoms with E-state index in [1.54, 1.807) is 12.1 Å². The van der Waals surface area contributed by atoms with Gasteiger partial charge in [0.15, 0.2) is 0 Å². The molecule has 1 aliphatic carbocycles. The second-order valence-corrected chi connectivity index (χ2v) is 8.43. The first kappa shape index (κ1) is 21.0.